The number of rotatable bonds is 10. The molecule has 0 aliphatic rings. The molecule has 0 saturated carbocycles. The molecule has 1 N–H and O–H groups in total. The molecule has 1 rings (SSSR count). The fraction of sp³-hybridized carbons (Fsp3) is 0.688. The molecule has 1 atom stereocenters. The molecule has 1 unspecified atom stereocenters. The summed E-state index contributed by atoms with van der Waals surface area (Å²) in [6.07, 6.45) is 6.79. The molecule has 0 bridgehead atoms. The van der Waals surface area contributed by atoms with Crippen LogP contribution >= 0.6 is 0 Å². The molecular formula is C16H29N3. The summed E-state index contributed by atoms with van der Waals surface area (Å²) in [5.41, 5.74) is 1.19. The summed E-state index contributed by atoms with van der Waals surface area (Å²) in [5.74, 6) is 0. The Morgan fingerprint density at radius 2 is 2.11 bits per heavy atom. The van der Waals surface area contributed by atoms with Crippen LogP contribution in [-0.2, 0) is 6.42 Å². The van der Waals surface area contributed by atoms with Crippen molar-refractivity contribution in [2.75, 3.05) is 26.7 Å². The Labute approximate surface area is 118 Å². The predicted octanol–water partition coefficient (Wildman–Crippen LogP) is 2.72. The maximum Gasteiger partial charge on any atom is 0.0416 e. The number of nitrogens with zero attached hydrogens (tertiary/aromatic N) is 2. The van der Waals surface area contributed by atoms with Crippen molar-refractivity contribution >= 4 is 0 Å². The molecule has 0 fully saturated rings. The lowest BCUT2D eigenvalue weighted by molar-refractivity contribution is 0.324. The van der Waals surface area contributed by atoms with E-state index in [0.717, 1.165) is 19.5 Å². The molecule has 0 aromatic carbocycles. The number of unbranched alkanes of at least 4 members (excludes halogenated alkanes) is 1. The van der Waals surface area contributed by atoms with Gasteiger partial charge in [0.15, 0.2) is 0 Å². The van der Waals surface area contributed by atoms with E-state index in [1.165, 1.54) is 31.5 Å². The molecule has 0 aliphatic carbocycles. The van der Waals surface area contributed by atoms with Crippen LogP contribution in [0.2, 0.25) is 0 Å². The van der Waals surface area contributed by atoms with Crippen molar-refractivity contribution in [1.29, 1.82) is 0 Å². The van der Waals surface area contributed by atoms with Crippen molar-refractivity contribution in [2.24, 2.45) is 0 Å². The van der Waals surface area contributed by atoms with Gasteiger partial charge < -0.3 is 10.2 Å². The van der Waals surface area contributed by atoms with Gasteiger partial charge in [-0.3, -0.25) is 4.98 Å². The van der Waals surface area contributed by atoms with Gasteiger partial charge in [0, 0.05) is 30.9 Å². The van der Waals surface area contributed by atoms with Gasteiger partial charge in [0.25, 0.3) is 0 Å². The van der Waals surface area contributed by atoms with E-state index in [0.29, 0.717) is 6.04 Å². The summed E-state index contributed by atoms with van der Waals surface area (Å²) in [6.45, 7) is 7.80. The number of pyridine rings is 1. The second-order valence-electron chi connectivity index (χ2n) is 5.33. The smallest absolute Gasteiger partial charge is 0.0416 e. The zero-order chi connectivity index (χ0) is 13.9. The third-order valence-electron chi connectivity index (χ3n) is 3.46. The Morgan fingerprint density at radius 1 is 1.26 bits per heavy atom. The van der Waals surface area contributed by atoms with Gasteiger partial charge in [0.1, 0.15) is 0 Å². The molecule has 0 aliphatic heterocycles. The molecule has 0 amide bonds. The number of hydrogen-bond donors (Lipinski definition) is 1. The Hall–Kier alpha value is -0.930. The van der Waals surface area contributed by atoms with Gasteiger partial charge in [-0.15, -0.1) is 0 Å². The number of aromatic nitrogens is 1. The van der Waals surface area contributed by atoms with Crippen molar-refractivity contribution in [3.05, 3.63) is 30.1 Å². The van der Waals surface area contributed by atoms with Crippen LogP contribution < -0.4 is 5.32 Å². The van der Waals surface area contributed by atoms with Gasteiger partial charge >= 0.3 is 0 Å². The fourth-order valence-corrected chi connectivity index (χ4v) is 2.25. The van der Waals surface area contributed by atoms with Crippen LogP contribution in [0.5, 0.6) is 0 Å². The fourth-order valence-electron chi connectivity index (χ4n) is 2.25. The number of hydrogen-bond acceptors (Lipinski definition) is 3. The van der Waals surface area contributed by atoms with Crippen LogP contribution in [0, 0.1) is 0 Å². The van der Waals surface area contributed by atoms with Crippen LogP contribution in [0.3, 0.4) is 0 Å². The Kier molecular flexibility index (Phi) is 8.43. The highest BCUT2D eigenvalue weighted by Gasteiger charge is 2.02. The molecule has 0 spiro atoms. The van der Waals surface area contributed by atoms with Crippen molar-refractivity contribution in [3.8, 4) is 0 Å². The van der Waals surface area contributed by atoms with Gasteiger partial charge in [-0.05, 0) is 52.0 Å². The lowest BCUT2D eigenvalue weighted by Gasteiger charge is -2.17. The average Bonchev–Trinajstić information content (AvgIpc) is 2.43. The summed E-state index contributed by atoms with van der Waals surface area (Å²) in [4.78, 5) is 6.77. The topological polar surface area (TPSA) is 28.2 Å². The zero-order valence-electron chi connectivity index (χ0n) is 12.7. The third-order valence-corrected chi connectivity index (χ3v) is 3.46. The van der Waals surface area contributed by atoms with Gasteiger partial charge in [0.05, 0.1) is 0 Å². The Bertz CT molecular complexity index is 313. The zero-order valence-corrected chi connectivity index (χ0v) is 12.7. The molecule has 19 heavy (non-hydrogen) atoms. The maximum absolute atomic E-state index is 4.36. The molecule has 1 heterocycles. The van der Waals surface area contributed by atoms with E-state index in [1.54, 1.807) is 0 Å². The molecule has 0 saturated heterocycles. The average molecular weight is 263 g/mol. The quantitative estimate of drug-likeness (QED) is 0.658. The van der Waals surface area contributed by atoms with Crippen molar-refractivity contribution < 1.29 is 0 Å². The largest absolute Gasteiger partial charge is 0.315 e. The van der Waals surface area contributed by atoms with Gasteiger partial charge in [-0.2, -0.15) is 0 Å². The van der Waals surface area contributed by atoms with Crippen LogP contribution in [0.25, 0.3) is 0 Å². The molecule has 108 valence electrons. The first-order chi connectivity index (χ1) is 9.22. The Balaban J connectivity index is 2.03. The van der Waals surface area contributed by atoms with Crippen molar-refractivity contribution in [3.63, 3.8) is 0 Å². The van der Waals surface area contributed by atoms with Crippen LogP contribution in [-0.4, -0.2) is 42.6 Å². The maximum atomic E-state index is 4.36. The van der Waals surface area contributed by atoms with Gasteiger partial charge in [0.2, 0.25) is 0 Å². The minimum atomic E-state index is 0.656. The van der Waals surface area contributed by atoms with E-state index in [1.807, 2.05) is 12.3 Å². The summed E-state index contributed by atoms with van der Waals surface area (Å²) in [7, 11) is 2.21. The molecular weight excluding hydrogens is 234 g/mol. The predicted molar refractivity (Wildman–Crippen MR) is 82.4 cm³/mol. The lowest BCUT2D eigenvalue weighted by atomic mass is 10.1. The van der Waals surface area contributed by atoms with Crippen molar-refractivity contribution in [1.82, 2.24) is 15.2 Å². The molecule has 3 nitrogen and oxygen atoms in total. The minimum Gasteiger partial charge on any atom is -0.315 e. The van der Waals surface area contributed by atoms with Gasteiger partial charge in [-0.25, -0.2) is 0 Å². The first kappa shape index (κ1) is 16.1. The second kappa shape index (κ2) is 9.93. The second-order valence-corrected chi connectivity index (χ2v) is 5.33. The highest BCUT2D eigenvalue weighted by molar-refractivity contribution is 5.03. The summed E-state index contributed by atoms with van der Waals surface area (Å²) in [6, 6.07) is 6.79. The van der Waals surface area contributed by atoms with E-state index in [9.17, 15) is 0 Å². The summed E-state index contributed by atoms with van der Waals surface area (Å²) >= 11 is 0. The van der Waals surface area contributed by atoms with E-state index in [4.69, 9.17) is 0 Å². The van der Waals surface area contributed by atoms with E-state index in [-0.39, 0.29) is 0 Å². The summed E-state index contributed by atoms with van der Waals surface area (Å²) < 4.78 is 0. The van der Waals surface area contributed by atoms with Crippen LogP contribution in [0.4, 0.5) is 0 Å². The number of likely N-dealkylation sites (N-methyl/N-ethyl adjacent to an activating group) is 1. The standard InChI is InChI=1S/C16H29N3/c1-4-17-15(2)9-6-8-13-19(3)14-11-16-10-5-7-12-18-16/h5,7,10,12,15,17H,4,6,8-9,11,13-14H2,1-3H3. The number of nitrogens with one attached hydrogen (secondary N) is 1. The van der Waals surface area contributed by atoms with E-state index < -0.39 is 0 Å². The third kappa shape index (κ3) is 7.96. The lowest BCUT2D eigenvalue weighted by Crippen LogP contribution is -2.26. The minimum absolute atomic E-state index is 0.656. The van der Waals surface area contributed by atoms with Crippen LogP contribution in [0.15, 0.2) is 24.4 Å². The molecule has 1 aromatic heterocycles. The first-order valence-electron chi connectivity index (χ1n) is 7.54. The molecule has 0 radical (unpaired) electrons. The van der Waals surface area contributed by atoms with E-state index in [2.05, 4.69) is 48.2 Å². The highest BCUT2D eigenvalue weighted by atomic mass is 15.1. The normalized spacial score (nSPS) is 12.8. The first-order valence-corrected chi connectivity index (χ1v) is 7.54. The van der Waals surface area contributed by atoms with Crippen LogP contribution in [0.1, 0.15) is 38.8 Å². The summed E-state index contributed by atoms with van der Waals surface area (Å²) in [5, 5.41) is 3.46. The highest BCUT2D eigenvalue weighted by Crippen LogP contribution is 2.02. The monoisotopic (exact) mass is 263 g/mol. The SMILES string of the molecule is CCNC(C)CCCCN(C)CCc1ccccn1. The van der Waals surface area contributed by atoms with Crippen molar-refractivity contribution in [2.45, 2.75) is 45.6 Å². The molecule has 1 aromatic rings. The Morgan fingerprint density at radius 3 is 2.79 bits per heavy atom. The van der Waals surface area contributed by atoms with E-state index >= 15 is 0 Å². The van der Waals surface area contributed by atoms with Gasteiger partial charge in [-0.1, -0.05) is 19.4 Å². The molecule has 3 heteroatoms.